The molecule has 2 aromatic carbocycles. The molecule has 108 valence electrons. The summed E-state index contributed by atoms with van der Waals surface area (Å²) in [7, 11) is 0. The summed E-state index contributed by atoms with van der Waals surface area (Å²) in [6.45, 7) is 0. The van der Waals surface area contributed by atoms with Gasteiger partial charge in [-0.25, -0.2) is 4.98 Å². The SMILES string of the molecule is O=Cc1ccc(-c2cnc(-c3ccc([N+](=O)[O-])cc3)[nH]2)cc1. The summed E-state index contributed by atoms with van der Waals surface area (Å²) < 4.78 is 0. The molecule has 22 heavy (non-hydrogen) atoms. The Bertz CT molecular complexity index is 821. The molecule has 0 unspecified atom stereocenters. The summed E-state index contributed by atoms with van der Waals surface area (Å²) in [5.41, 5.74) is 3.14. The fraction of sp³-hybridized carbons (Fsp3) is 0. The number of aromatic amines is 1. The van der Waals surface area contributed by atoms with Crippen LogP contribution in [0.25, 0.3) is 22.6 Å². The maximum atomic E-state index is 10.7. The van der Waals surface area contributed by atoms with Crippen molar-refractivity contribution in [1.82, 2.24) is 9.97 Å². The second-order valence-corrected chi connectivity index (χ2v) is 4.69. The normalized spacial score (nSPS) is 10.4. The van der Waals surface area contributed by atoms with Gasteiger partial charge in [-0.1, -0.05) is 24.3 Å². The topological polar surface area (TPSA) is 88.9 Å². The molecule has 1 heterocycles. The van der Waals surface area contributed by atoms with Crippen LogP contribution in [0.1, 0.15) is 10.4 Å². The molecule has 1 N–H and O–H groups in total. The number of nitro groups is 1. The van der Waals surface area contributed by atoms with E-state index in [1.165, 1.54) is 12.1 Å². The molecule has 0 radical (unpaired) electrons. The standard InChI is InChI=1S/C16H11N3O3/c20-10-11-1-3-12(4-2-11)15-9-17-16(18-15)13-5-7-14(8-6-13)19(21)22/h1-10H,(H,17,18). The number of hydrogen-bond acceptors (Lipinski definition) is 4. The second kappa shape index (κ2) is 5.61. The summed E-state index contributed by atoms with van der Waals surface area (Å²) in [6, 6.07) is 13.3. The fourth-order valence-corrected chi connectivity index (χ4v) is 2.10. The lowest BCUT2D eigenvalue weighted by Crippen LogP contribution is -1.88. The predicted octanol–water partition coefficient (Wildman–Crippen LogP) is 3.46. The highest BCUT2D eigenvalue weighted by molar-refractivity contribution is 5.76. The van der Waals surface area contributed by atoms with Crippen LogP contribution in [0.15, 0.2) is 54.7 Å². The van der Waals surface area contributed by atoms with Crippen LogP contribution in [0.4, 0.5) is 5.69 Å². The molecule has 3 aromatic rings. The van der Waals surface area contributed by atoms with Crippen LogP contribution >= 0.6 is 0 Å². The molecule has 3 rings (SSSR count). The molecular formula is C16H11N3O3. The number of hydrogen-bond donors (Lipinski definition) is 1. The maximum Gasteiger partial charge on any atom is 0.269 e. The quantitative estimate of drug-likeness (QED) is 0.453. The maximum absolute atomic E-state index is 10.7. The third-order valence-corrected chi connectivity index (χ3v) is 3.29. The molecular weight excluding hydrogens is 282 g/mol. The van der Waals surface area contributed by atoms with Crippen molar-refractivity contribution in [3.05, 3.63) is 70.4 Å². The van der Waals surface area contributed by atoms with Gasteiger partial charge >= 0.3 is 0 Å². The molecule has 0 aliphatic carbocycles. The lowest BCUT2D eigenvalue weighted by Gasteiger charge is -1.99. The van der Waals surface area contributed by atoms with Crippen LogP contribution in [0, 0.1) is 10.1 Å². The second-order valence-electron chi connectivity index (χ2n) is 4.69. The van der Waals surface area contributed by atoms with Crippen molar-refractivity contribution in [2.24, 2.45) is 0 Å². The number of aldehydes is 1. The summed E-state index contributed by atoms with van der Waals surface area (Å²) >= 11 is 0. The molecule has 6 nitrogen and oxygen atoms in total. The summed E-state index contributed by atoms with van der Waals surface area (Å²) in [6.07, 6.45) is 2.48. The third kappa shape index (κ3) is 2.62. The number of nitro benzene ring substituents is 1. The van der Waals surface area contributed by atoms with E-state index in [1.54, 1.807) is 30.5 Å². The molecule has 0 aliphatic heterocycles. The number of aromatic nitrogens is 2. The molecule has 0 saturated heterocycles. The zero-order valence-corrected chi connectivity index (χ0v) is 11.4. The van der Waals surface area contributed by atoms with E-state index in [-0.39, 0.29) is 5.69 Å². The van der Waals surface area contributed by atoms with Crippen LogP contribution in [-0.2, 0) is 0 Å². The number of carbonyl (C=O) groups is 1. The van der Waals surface area contributed by atoms with E-state index >= 15 is 0 Å². The Morgan fingerprint density at radius 2 is 1.64 bits per heavy atom. The number of non-ortho nitro benzene ring substituents is 1. The van der Waals surface area contributed by atoms with Crippen LogP contribution in [-0.4, -0.2) is 21.2 Å². The van der Waals surface area contributed by atoms with Gasteiger partial charge < -0.3 is 4.98 Å². The minimum Gasteiger partial charge on any atom is -0.338 e. The van der Waals surface area contributed by atoms with E-state index in [0.717, 1.165) is 23.1 Å². The molecule has 0 bridgehead atoms. The Morgan fingerprint density at radius 1 is 1.00 bits per heavy atom. The molecule has 6 heteroatoms. The van der Waals surface area contributed by atoms with Crippen LogP contribution in [0.3, 0.4) is 0 Å². The van der Waals surface area contributed by atoms with Gasteiger partial charge in [0.25, 0.3) is 5.69 Å². The van der Waals surface area contributed by atoms with E-state index in [9.17, 15) is 14.9 Å². The number of rotatable bonds is 4. The monoisotopic (exact) mass is 293 g/mol. The molecule has 0 aliphatic rings. The number of H-pyrrole nitrogens is 1. The Labute approximate surface area is 125 Å². The van der Waals surface area contributed by atoms with Crippen LogP contribution in [0.2, 0.25) is 0 Å². The van der Waals surface area contributed by atoms with Crippen molar-refractivity contribution in [1.29, 1.82) is 0 Å². The first-order chi connectivity index (χ1) is 10.7. The van der Waals surface area contributed by atoms with Gasteiger partial charge in [0, 0.05) is 23.3 Å². The van der Waals surface area contributed by atoms with Gasteiger partial charge in [0.15, 0.2) is 0 Å². The summed E-state index contributed by atoms with van der Waals surface area (Å²) in [5.74, 6) is 0.629. The number of nitrogens with zero attached hydrogens (tertiary/aromatic N) is 2. The van der Waals surface area contributed by atoms with Crippen molar-refractivity contribution in [2.45, 2.75) is 0 Å². The first-order valence-corrected chi connectivity index (χ1v) is 6.53. The van der Waals surface area contributed by atoms with Gasteiger partial charge in [-0.3, -0.25) is 14.9 Å². The van der Waals surface area contributed by atoms with E-state index in [2.05, 4.69) is 9.97 Å². The van der Waals surface area contributed by atoms with E-state index in [0.29, 0.717) is 11.4 Å². The minimum absolute atomic E-state index is 0.0416. The van der Waals surface area contributed by atoms with Crippen LogP contribution < -0.4 is 0 Å². The minimum atomic E-state index is -0.439. The van der Waals surface area contributed by atoms with E-state index in [4.69, 9.17) is 0 Å². The molecule has 0 amide bonds. The summed E-state index contributed by atoms with van der Waals surface area (Å²) in [5, 5.41) is 10.6. The summed E-state index contributed by atoms with van der Waals surface area (Å²) in [4.78, 5) is 28.3. The fourth-order valence-electron chi connectivity index (χ4n) is 2.10. The molecule has 0 saturated carbocycles. The Hall–Kier alpha value is -3.28. The molecule has 0 spiro atoms. The van der Waals surface area contributed by atoms with Gasteiger partial charge in [-0.2, -0.15) is 0 Å². The first-order valence-electron chi connectivity index (χ1n) is 6.53. The zero-order chi connectivity index (χ0) is 15.5. The number of imidazole rings is 1. The highest BCUT2D eigenvalue weighted by Crippen LogP contribution is 2.23. The average Bonchev–Trinajstić information content (AvgIpc) is 3.05. The lowest BCUT2D eigenvalue weighted by atomic mass is 10.1. The smallest absolute Gasteiger partial charge is 0.269 e. The van der Waals surface area contributed by atoms with Gasteiger partial charge in [-0.15, -0.1) is 0 Å². The first kappa shape index (κ1) is 13.7. The van der Waals surface area contributed by atoms with Crippen molar-refractivity contribution in [3.8, 4) is 22.6 Å². The molecule has 1 aromatic heterocycles. The highest BCUT2D eigenvalue weighted by atomic mass is 16.6. The van der Waals surface area contributed by atoms with E-state index < -0.39 is 4.92 Å². The molecule has 0 atom stereocenters. The lowest BCUT2D eigenvalue weighted by molar-refractivity contribution is -0.384. The zero-order valence-electron chi connectivity index (χ0n) is 11.4. The number of benzene rings is 2. The van der Waals surface area contributed by atoms with Crippen molar-refractivity contribution >= 4 is 12.0 Å². The van der Waals surface area contributed by atoms with Gasteiger partial charge in [-0.05, 0) is 17.7 Å². The van der Waals surface area contributed by atoms with Gasteiger partial charge in [0.1, 0.15) is 12.1 Å². The van der Waals surface area contributed by atoms with Gasteiger partial charge in [0.2, 0.25) is 0 Å². The van der Waals surface area contributed by atoms with Crippen molar-refractivity contribution in [2.75, 3.05) is 0 Å². The highest BCUT2D eigenvalue weighted by Gasteiger charge is 2.08. The third-order valence-electron chi connectivity index (χ3n) is 3.29. The van der Waals surface area contributed by atoms with Gasteiger partial charge in [0.05, 0.1) is 16.8 Å². The van der Waals surface area contributed by atoms with Crippen molar-refractivity contribution in [3.63, 3.8) is 0 Å². The largest absolute Gasteiger partial charge is 0.338 e. The Kier molecular flexibility index (Phi) is 3.49. The number of carbonyl (C=O) groups excluding carboxylic acids is 1. The van der Waals surface area contributed by atoms with Crippen LogP contribution in [0.5, 0.6) is 0 Å². The average molecular weight is 293 g/mol. The van der Waals surface area contributed by atoms with Crippen molar-refractivity contribution < 1.29 is 9.72 Å². The Balaban J connectivity index is 1.89. The van der Waals surface area contributed by atoms with E-state index in [1.807, 2.05) is 12.1 Å². The predicted molar refractivity (Wildman–Crippen MR) is 81.5 cm³/mol. The Morgan fingerprint density at radius 3 is 2.23 bits per heavy atom. The number of nitrogens with one attached hydrogen (secondary N) is 1. The molecule has 0 fully saturated rings.